The molecule has 0 saturated carbocycles. The molecular formula is C7H13FNO. The summed E-state index contributed by atoms with van der Waals surface area (Å²) in [5.74, 6) is 0. The van der Waals surface area contributed by atoms with Gasteiger partial charge >= 0.3 is 0 Å². The van der Waals surface area contributed by atoms with E-state index in [4.69, 9.17) is 0 Å². The largest absolute Gasteiger partial charge is 0.306 e. The van der Waals surface area contributed by atoms with E-state index in [0.717, 1.165) is 13.1 Å². The van der Waals surface area contributed by atoms with E-state index in [1.807, 2.05) is 11.9 Å². The summed E-state index contributed by atoms with van der Waals surface area (Å²) >= 11 is 0. The standard InChI is InChI=1S/C7H13FNO/c1-9-4-2-7(8,6-10)3-5-9/h2-6H2,1H3. The summed E-state index contributed by atoms with van der Waals surface area (Å²) in [6.07, 6.45) is 0.819. The molecule has 59 valence electrons. The third-order valence-electron chi connectivity index (χ3n) is 2.14. The number of hydrogen-bond donors (Lipinski definition) is 0. The minimum Gasteiger partial charge on any atom is -0.306 e. The second-order valence-corrected chi connectivity index (χ2v) is 3.10. The van der Waals surface area contributed by atoms with E-state index in [1.165, 1.54) is 0 Å². The molecule has 1 aliphatic heterocycles. The van der Waals surface area contributed by atoms with Crippen LogP contribution >= 0.6 is 0 Å². The summed E-state index contributed by atoms with van der Waals surface area (Å²) in [7, 11) is 1.95. The second-order valence-electron chi connectivity index (χ2n) is 3.10. The van der Waals surface area contributed by atoms with Crippen molar-refractivity contribution in [3.8, 4) is 0 Å². The third kappa shape index (κ3) is 1.67. The first-order valence-electron chi connectivity index (χ1n) is 3.62. The molecule has 0 unspecified atom stereocenters. The quantitative estimate of drug-likeness (QED) is 0.538. The van der Waals surface area contributed by atoms with Crippen molar-refractivity contribution in [3.05, 3.63) is 0 Å². The predicted molar refractivity (Wildman–Crippen MR) is 36.1 cm³/mol. The van der Waals surface area contributed by atoms with Gasteiger partial charge in [-0.15, -0.1) is 0 Å². The fourth-order valence-corrected chi connectivity index (χ4v) is 1.16. The van der Waals surface area contributed by atoms with Crippen LogP contribution in [-0.4, -0.2) is 37.3 Å². The van der Waals surface area contributed by atoms with Gasteiger partial charge in [0, 0.05) is 13.1 Å². The van der Waals surface area contributed by atoms with Crippen LogP contribution in [0.3, 0.4) is 0 Å². The van der Waals surface area contributed by atoms with Gasteiger partial charge in [-0.3, -0.25) is 0 Å². The zero-order valence-corrected chi connectivity index (χ0v) is 6.27. The zero-order chi connectivity index (χ0) is 7.61. The first-order valence-corrected chi connectivity index (χ1v) is 3.62. The SMILES string of the molecule is CN1CCC(F)(C[O])CC1. The molecule has 1 saturated heterocycles. The second kappa shape index (κ2) is 2.84. The van der Waals surface area contributed by atoms with Crippen molar-refractivity contribution in [3.63, 3.8) is 0 Å². The highest BCUT2D eigenvalue weighted by Crippen LogP contribution is 2.24. The predicted octanol–water partition coefficient (Wildman–Crippen LogP) is 0.851. The number of hydrogen-bond acceptors (Lipinski definition) is 1. The molecule has 1 rings (SSSR count). The molecule has 1 heterocycles. The molecule has 2 nitrogen and oxygen atoms in total. The molecular weight excluding hydrogens is 133 g/mol. The van der Waals surface area contributed by atoms with Crippen molar-refractivity contribution in [2.24, 2.45) is 0 Å². The van der Waals surface area contributed by atoms with Gasteiger partial charge in [0.05, 0.1) is 0 Å². The number of likely N-dealkylation sites (tertiary alicyclic amines) is 1. The van der Waals surface area contributed by atoms with E-state index in [0.29, 0.717) is 12.8 Å². The van der Waals surface area contributed by atoms with Crippen molar-refractivity contribution in [2.45, 2.75) is 18.5 Å². The molecule has 0 spiro atoms. The van der Waals surface area contributed by atoms with E-state index in [2.05, 4.69) is 0 Å². The maximum atomic E-state index is 13.1. The van der Waals surface area contributed by atoms with Crippen molar-refractivity contribution in [1.29, 1.82) is 0 Å². The van der Waals surface area contributed by atoms with Crippen LogP contribution in [0.15, 0.2) is 0 Å². The van der Waals surface area contributed by atoms with Crippen molar-refractivity contribution < 1.29 is 9.50 Å². The Kier molecular flexibility index (Phi) is 2.26. The minimum absolute atomic E-state index is 0.410. The molecule has 10 heavy (non-hydrogen) atoms. The van der Waals surface area contributed by atoms with Crippen LogP contribution < -0.4 is 0 Å². The monoisotopic (exact) mass is 146 g/mol. The summed E-state index contributed by atoms with van der Waals surface area (Å²) in [5, 5.41) is 10.3. The minimum atomic E-state index is -1.40. The Bertz CT molecular complexity index is 110. The highest BCUT2D eigenvalue weighted by molar-refractivity contribution is 4.84. The Morgan fingerprint density at radius 3 is 2.40 bits per heavy atom. The van der Waals surface area contributed by atoms with Gasteiger partial charge in [-0.2, -0.15) is 0 Å². The van der Waals surface area contributed by atoms with Crippen LogP contribution in [0.25, 0.3) is 0 Å². The van der Waals surface area contributed by atoms with Crippen LogP contribution in [0, 0.1) is 0 Å². The normalized spacial score (nSPS) is 26.7. The Morgan fingerprint density at radius 1 is 1.50 bits per heavy atom. The lowest BCUT2D eigenvalue weighted by Crippen LogP contribution is -2.41. The number of halogens is 1. The first-order chi connectivity index (χ1) is 4.66. The average Bonchev–Trinajstić information content (AvgIpc) is 1.96. The van der Waals surface area contributed by atoms with Gasteiger partial charge in [0.2, 0.25) is 0 Å². The van der Waals surface area contributed by atoms with Crippen molar-refractivity contribution >= 4 is 0 Å². The van der Waals surface area contributed by atoms with E-state index < -0.39 is 12.3 Å². The Labute approximate surface area is 60.6 Å². The highest BCUT2D eigenvalue weighted by Gasteiger charge is 2.33. The van der Waals surface area contributed by atoms with Crippen LogP contribution in [0.2, 0.25) is 0 Å². The van der Waals surface area contributed by atoms with Crippen molar-refractivity contribution in [1.82, 2.24) is 4.90 Å². The molecule has 0 aromatic heterocycles. The number of rotatable bonds is 1. The molecule has 1 radical (unpaired) electrons. The highest BCUT2D eigenvalue weighted by atomic mass is 19.1. The molecule has 0 aromatic carbocycles. The van der Waals surface area contributed by atoms with Gasteiger partial charge < -0.3 is 4.90 Å². The molecule has 0 aromatic rings. The molecule has 0 N–H and O–H groups in total. The van der Waals surface area contributed by atoms with Gasteiger partial charge in [-0.05, 0) is 19.9 Å². The Morgan fingerprint density at radius 2 is 2.00 bits per heavy atom. The van der Waals surface area contributed by atoms with Gasteiger partial charge in [-0.25, -0.2) is 9.50 Å². The fourth-order valence-electron chi connectivity index (χ4n) is 1.16. The summed E-state index contributed by atoms with van der Waals surface area (Å²) in [4.78, 5) is 2.05. The molecule has 0 bridgehead atoms. The van der Waals surface area contributed by atoms with E-state index >= 15 is 0 Å². The van der Waals surface area contributed by atoms with Gasteiger partial charge in [0.25, 0.3) is 0 Å². The van der Waals surface area contributed by atoms with Crippen LogP contribution in [0.4, 0.5) is 4.39 Å². The Balaban J connectivity index is 2.38. The lowest BCUT2D eigenvalue weighted by Gasteiger charge is -2.32. The average molecular weight is 146 g/mol. The van der Waals surface area contributed by atoms with Gasteiger partial charge in [0.15, 0.2) is 0 Å². The lowest BCUT2D eigenvalue weighted by atomic mass is 9.95. The van der Waals surface area contributed by atoms with E-state index in [9.17, 15) is 9.50 Å². The smallest absolute Gasteiger partial charge is 0.139 e. The summed E-state index contributed by atoms with van der Waals surface area (Å²) in [6.45, 7) is 0.873. The fraction of sp³-hybridized carbons (Fsp3) is 1.00. The first kappa shape index (κ1) is 7.95. The summed E-state index contributed by atoms with van der Waals surface area (Å²) in [6, 6.07) is 0. The summed E-state index contributed by atoms with van der Waals surface area (Å²) < 4.78 is 13.1. The number of alkyl halides is 1. The summed E-state index contributed by atoms with van der Waals surface area (Å²) in [5.41, 5.74) is -1.40. The van der Waals surface area contributed by atoms with E-state index in [1.54, 1.807) is 0 Å². The van der Waals surface area contributed by atoms with Crippen LogP contribution in [0.1, 0.15) is 12.8 Å². The molecule has 0 aliphatic carbocycles. The molecule has 0 atom stereocenters. The van der Waals surface area contributed by atoms with Gasteiger partial charge in [0.1, 0.15) is 12.3 Å². The number of piperidine rings is 1. The molecule has 3 heteroatoms. The number of nitrogens with zero attached hydrogens (tertiary/aromatic N) is 1. The lowest BCUT2D eigenvalue weighted by molar-refractivity contribution is -0.0119. The Hall–Kier alpha value is -0.150. The van der Waals surface area contributed by atoms with Crippen LogP contribution in [-0.2, 0) is 5.11 Å². The van der Waals surface area contributed by atoms with E-state index in [-0.39, 0.29) is 0 Å². The molecule has 1 aliphatic rings. The maximum absolute atomic E-state index is 13.1. The van der Waals surface area contributed by atoms with Crippen LogP contribution in [0.5, 0.6) is 0 Å². The third-order valence-corrected chi connectivity index (χ3v) is 2.14. The maximum Gasteiger partial charge on any atom is 0.139 e. The molecule has 1 fully saturated rings. The molecule has 0 amide bonds. The van der Waals surface area contributed by atoms with Crippen molar-refractivity contribution in [2.75, 3.05) is 26.7 Å². The topological polar surface area (TPSA) is 23.1 Å². The zero-order valence-electron chi connectivity index (χ0n) is 6.27. The van der Waals surface area contributed by atoms with Gasteiger partial charge in [-0.1, -0.05) is 0 Å².